The van der Waals surface area contributed by atoms with Crippen LogP contribution in [0.4, 0.5) is 33.3 Å². The molecule has 0 bridgehead atoms. The number of pyridine rings is 1. The van der Waals surface area contributed by atoms with Crippen LogP contribution >= 0.6 is 11.6 Å². The third-order valence-corrected chi connectivity index (χ3v) is 6.69. The van der Waals surface area contributed by atoms with Crippen LogP contribution in [0.25, 0.3) is 0 Å². The van der Waals surface area contributed by atoms with E-state index >= 15 is 0 Å². The van der Waals surface area contributed by atoms with Crippen molar-refractivity contribution in [1.82, 2.24) is 9.88 Å². The third kappa shape index (κ3) is 7.01. The molecule has 1 saturated heterocycles. The number of aromatic nitrogens is 1. The Balaban J connectivity index is 1.98. The van der Waals surface area contributed by atoms with E-state index in [4.69, 9.17) is 16.4 Å². The average Bonchev–Trinajstić information content (AvgIpc) is 2.97. The summed E-state index contributed by atoms with van der Waals surface area (Å²) in [6.07, 6.45) is -4.51. The predicted molar refractivity (Wildman–Crippen MR) is 123 cm³/mol. The second kappa shape index (κ2) is 10.6. The number of nitrogens with zero attached hydrogens (tertiary/aromatic N) is 3. The van der Waals surface area contributed by atoms with Gasteiger partial charge in [-0.2, -0.15) is 13.2 Å². The summed E-state index contributed by atoms with van der Waals surface area (Å²) in [7, 11) is -3.17. The first-order valence-corrected chi connectivity index (χ1v) is 12.8. The van der Waals surface area contributed by atoms with Crippen molar-refractivity contribution in [1.29, 1.82) is 4.78 Å². The minimum Gasteiger partial charge on any atom is -0.370 e. The van der Waals surface area contributed by atoms with Gasteiger partial charge in [0.25, 0.3) is 12.3 Å². The maximum Gasteiger partial charge on any atom is 0.417 e. The number of carbonyl (C=O) groups is 1. The normalized spacial score (nSPS) is 17.2. The lowest BCUT2D eigenvalue weighted by molar-refractivity contribution is -0.137. The van der Waals surface area contributed by atoms with Gasteiger partial charge >= 0.3 is 6.18 Å². The first kappa shape index (κ1) is 27.1. The largest absolute Gasteiger partial charge is 0.417 e. The lowest BCUT2D eigenvalue weighted by Gasteiger charge is -2.27. The number of rotatable bonds is 6. The number of nitrogens with one attached hydrogen (secondary N) is 2. The Morgan fingerprint density at radius 3 is 2.57 bits per heavy atom. The van der Waals surface area contributed by atoms with Gasteiger partial charge in [0, 0.05) is 44.3 Å². The molecule has 0 aliphatic carbocycles. The van der Waals surface area contributed by atoms with Crippen LogP contribution in [0.5, 0.6) is 0 Å². The number of carbonyl (C=O) groups excluding carboxylic acids is 1. The van der Waals surface area contributed by atoms with Crippen LogP contribution in [-0.4, -0.2) is 65.4 Å². The molecule has 14 heteroatoms. The molecule has 1 amide bonds. The fourth-order valence-electron chi connectivity index (χ4n) is 3.71. The number of benzene rings is 1. The Bertz CT molecular complexity index is 1190. The van der Waals surface area contributed by atoms with Crippen LogP contribution in [-0.2, 0) is 15.9 Å². The van der Waals surface area contributed by atoms with E-state index in [1.807, 2.05) is 0 Å². The quantitative estimate of drug-likeness (QED) is 0.514. The highest BCUT2D eigenvalue weighted by Crippen LogP contribution is 2.39. The maximum absolute atomic E-state index is 13.6. The summed E-state index contributed by atoms with van der Waals surface area (Å²) >= 11 is 5.89. The van der Waals surface area contributed by atoms with E-state index in [1.165, 1.54) is 23.2 Å². The molecule has 0 spiro atoms. The molecule has 1 unspecified atom stereocenters. The van der Waals surface area contributed by atoms with Crippen molar-refractivity contribution in [3.63, 3.8) is 0 Å². The molecule has 2 aromatic rings. The zero-order valence-corrected chi connectivity index (χ0v) is 20.1. The molecule has 7 nitrogen and oxygen atoms in total. The fourth-order valence-corrected chi connectivity index (χ4v) is 4.60. The fraction of sp³-hybridized carbons (Fsp3) is 0.429. The maximum atomic E-state index is 13.6. The molecule has 1 atom stereocenters. The number of hydrogen-bond donors (Lipinski definition) is 2. The topological polar surface area (TPSA) is 89.4 Å². The van der Waals surface area contributed by atoms with Crippen LogP contribution < -0.4 is 10.2 Å². The standard InChI is InChI=1S/C21H23ClF5N5O2S/c1-35(28,34)19-9-13(3-4-29-19)30-20(33)14-10-16(22)15(21(25,26)27)11-17(14)32-6-2-5-31(7-8-32)12-18(23)24/h3-4,9-11,18,28H,2,5-8,12H2,1H3,(H,29,30,33). The van der Waals surface area contributed by atoms with Gasteiger partial charge in [-0.15, -0.1) is 0 Å². The van der Waals surface area contributed by atoms with Gasteiger partial charge in [-0.25, -0.2) is 22.8 Å². The summed E-state index contributed by atoms with van der Waals surface area (Å²) in [5, 5.41) is 1.78. The Hall–Kier alpha value is -2.51. The highest BCUT2D eigenvalue weighted by atomic mass is 35.5. The predicted octanol–water partition coefficient (Wildman–Crippen LogP) is 4.82. The molecule has 1 aromatic carbocycles. The molecule has 3 rings (SSSR count). The van der Waals surface area contributed by atoms with E-state index in [2.05, 4.69) is 10.3 Å². The molecule has 1 aliphatic heterocycles. The smallest absolute Gasteiger partial charge is 0.370 e. The van der Waals surface area contributed by atoms with Crippen LogP contribution in [0.2, 0.25) is 5.02 Å². The van der Waals surface area contributed by atoms with E-state index in [-0.39, 0.29) is 41.6 Å². The summed E-state index contributed by atoms with van der Waals surface area (Å²) < 4.78 is 85.9. The third-order valence-electron chi connectivity index (χ3n) is 5.35. The molecular weight excluding hydrogens is 517 g/mol. The highest BCUT2D eigenvalue weighted by molar-refractivity contribution is 7.91. The Morgan fingerprint density at radius 2 is 1.94 bits per heavy atom. The summed E-state index contributed by atoms with van der Waals surface area (Å²) in [6, 6.07) is 4.34. The number of halogens is 6. The first-order valence-electron chi connectivity index (χ1n) is 10.4. The lowest BCUT2D eigenvalue weighted by atomic mass is 10.1. The van der Waals surface area contributed by atoms with Crippen molar-refractivity contribution in [2.75, 3.05) is 49.2 Å². The van der Waals surface area contributed by atoms with Crippen molar-refractivity contribution in [2.24, 2.45) is 0 Å². The van der Waals surface area contributed by atoms with Gasteiger partial charge < -0.3 is 10.2 Å². The molecule has 0 saturated carbocycles. The van der Waals surface area contributed by atoms with Crippen molar-refractivity contribution >= 4 is 38.6 Å². The second-order valence-electron chi connectivity index (χ2n) is 8.06. The van der Waals surface area contributed by atoms with Gasteiger partial charge in [0.1, 0.15) is 5.03 Å². The van der Waals surface area contributed by atoms with Gasteiger partial charge in [0.15, 0.2) is 0 Å². The Labute approximate surface area is 204 Å². The molecular formula is C21H23ClF5N5O2S. The number of hydrogen-bond acceptors (Lipinski definition) is 6. The first-order chi connectivity index (χ1) is 16.3. The Kier molecular flexibility index (Phi) is 8.22. The molecule has 192 valence electrons. The minimum absolute atomic E-state index is 0.0350. The van der Waals surface area contributed by atoms with Crippen LogP contribution in [0.15, 0.2) is 35.5 Å². The summed E-state index contributed by atoms with van der Waals surface area (Å²) in [6.45, 7) is 0.441. The zero-order valence-electron chi connectivity index (χ0n) is 18.5. The highest BCUT2D eigenvalue weighted by Gasteiger charge is 2.35. The molecule has 1 fully saturated rings. The van der Waals surface area contributed by atoms with Crippen LogP contribution in [0, 0.1) is 4.78 Å². The number of amides is 1. The van der Waals surface area contributed by atoms with Crippen molar-refractivity contribution < 1.29 is 31.0 Å². The molecule has 2 heterocycles. The van der Waals surface area contributed by atoms with E-state index in [0.29, 0.717) is 13.0 Å². The SMILES string of the molecule is CS(=N)(=O)c1cc(NC(=O)c2cc(Cl)c(C(F)(F)F)cc2N2CCCN(CC(F)F)CC2)ccn1. The Morgan fingerprint density at radius 1 is 1.23 bits per heavy atom. The van der Waals surface area contributed by atoms with Crippen molar-refractivity contribution in [2.45, 2.75) is 24.0 Å². The van der Waals surface area contributed by atoms with Crippen LogP contribution in [0.3, 0.4) is 0 Å². The van der Waals surface area contributed by atoms with Gasteiger partial charge in [-0.1, -0.05) is 11.6 Å². The average molecular weight is 540 g/mol. The van der Waals surface area contributed by atoms with Crippen molar-refractivity contribution in [3.05, 3.63) is 46.6 Å². The zero-order chi connectivity index (χ0) is 26.0. The lowest BCUT2D eigenvalue weighted by Crippen LogP contribution is -2.34. The summed E-state index contributed by atoms with van der Waals surface area (Å²) in [5.74, 6) is -0.783. The molecule has 0 radical (unpaired) electrons. The monoisotopic (exact) mass is 539 g/mol. The van der Waals surface area contributed by atoms with Gasteiger partial charge in [0.05, 0.1) is 38.1 Å². The summed E-state index contributed by atoms with van der Waals surface area (Å²) in [5.41, 5.74) is -1.16. The molecule has 2 N–H and O–H groups in total. The van der Waals surface area contributed by atoms with E-state index < -0.39 is 45.4 Å². The molecule has 1 aliphatic rings. The van der Waals surface area contributed by atoms with E-state index in [1.54, 1.807) is 4.90 Å². The van der Waals surface area contributed by atoms with E-state index in [9.17, 15) is 31.0 Å². The van der Waals surface area contributed by atoms with Crippen molar-refractivity contribution in [3.8, 4) is 0 Å². The number of anilines is 2. The van der Waals surface area contributed by atoms with Gasteiger partial charge in [0.2, 0.25) is 0 Å². The second-order valence-corrected chi connectivity index (χ2v) is 10.6. The van der Waals surface area contributed by atoms with Gasteiger partial charge in [-0.05, 0) is 30.7 Å². The number of alkyl halides is 5. The van der Waals surface area contributed by atoms with E-state index in [0.717, 1.165) is 18.4 Å². The van der Waals surface area contributed by atoms with Crippen LogP contribution in [0.1, 0.15) is 22.3 Å². The van der Waals surface area contributed by atoms with Gasteiger partial charge in [-0.3, -0.25) is 9.69 Å². The molecule has 35 heavy (non-hydrogen) atoms. The summed E-state index contributed by atoms with van der Waals surface area (Å²) in [4.78, 5) is 20.0. The minimum atomic E-state index is -4.77. The molecule has 1 aromatic heterocycles.